The van der Waals surface area contributed by atoms with Crippen molar-refractivity contribution in [2.24, 2.45) is 0 Å². The fourth-order valence-corrected chi connectivity index (χ4v) is 3.89. The van der Waals surface area contributed by atoms with Gasteiger partial charge in [0.2, 0.25) is 0 Å². The highest BCUT2D eigenvalue weighted by molar-refractivity contribution is 5.69. The number of fused-ring (bicyclic) bond motifs is 2. The standard InChI is InChI=1S/C18H26N2O2/c1-2-3-10-22-18(21)20-16-8-9-17(20)12-14(11-16)13-4-6-15(19)7-5-13/h4-7,14,16-17H,2-3,8-12,19H2,1H3/t14?,16-,17+. The van der Waals surface area contributed by atoms with Gasteiger partial charge in [-0.25, -0.2) is 4.79 Å². The Morgan fingerprint density at radius 1 is 1.23 bits per heavy atom. The summed E-state index contributed by atoms with van der Waals surface area (Å²) in [6.07, 6.45) is 6.21. The van der Waals surface area contributed by atoms with Gasteiger partial charge in [-0.1, -0.05) is 25.5 Å². The molecule has 1 unspecified atom stereocenters. The van der Waals surface area contributed by atoms with Crippen LogP contribution in [0.2, 0.25) is 0 Å². The summed E-state index contributed by atoms with van der Waals surface area (Å²) in [6, 6.07) is 8.90. The SMILES string of the molecule is CCCCOC(=O)N1[C@@H]2CC[C@H]1CC(c1ccc(N)cc1)C2. The summed E-state index contributed by atoms with van der Waals surface area (Å²) in [4.78, 5) is 14.3. The van der Waals surface area contributed by atoms with Crippen LogP contribution in [0.3, 0.4) is 0 Å². The molecule has 2 aliphatic rings. The van der Waals surface area contributed by atoms with Crippen molar-refractivity contribution in [2.45, 2.75) is 63.5 Å². The van der Waals surface area contributed by atoms with Crippen molar-refractivity contribution in [1.82, 2.24) is 4.90 Å². The molecule has 0 aromatic heterocycles. The largest absolute Gasteiger partial charge is 0.449 e. The van der Waals surface area contributed by atoms with Crippen molar-refractivity contribution in [1.29, 1.82) is 0 Å². The molecule has 22 heavy (non-hydrogen) atoms. The number of carbonyl (C=O) groups is 1. The first-order chi connectivity index (χ1) is 10.7. The molecule has 2 fully saturated rings. The Kier molecular flexibility index (Phi) is 4.55. The highest BCUT2D eigenvalue weighted by atomic mass is 16.6. The van der Waals surface area contributed by atoms with E-state index in [0.29, 0.717) is 24.6 Å². The van der Waals surface area contributed by atoms with E-state index in [1.54, 1.807) is 0 Å². The molecule has 3 atom stereocenters. The van der Waals surface area contributed by atoms with Gasteiger partial charge in [-0.2, -0.15) is 0 Å². The van der Waals surface area contributed by atoms with Gasteiger partial charge in [0.1, 0.15) is 0 Å². The molecule has 1 aromatic rings. The van der Waals surface area contributed by atoms with Gasteiger partial charge in [-0.3, -0.25) is 0 Å². The van der Waals surface area contributed by atoms with Crippen LogP contribution in [-0.4, -0.2) is 29.7 Å². The number of piperidine rings is 1. The Labute approximate surface area is 132 Å². The lowest BCUT2D eigenvalue weighted by Gasteiger charge is -2.38. The molecule has 0 aliphatic carbocycles. The quantitative estimate of drug-likeness (QED) is 0.677. The van der Waals surface area contributed by atoms with Gasteiger partial charge in [-0.15, -0.1) is 0 Å². The molecule has 0 saturated carbocycles. The lowest BCUT2D eigenvalue weighted by molar-refractivity contribution is 0.0648. The third-order valence-corrected chi connectivity index (χ3v) is 5.08. The summed E-state index contributed by atoms with van der Waals surface area (Å²) in [5.41, 5.74) is 7.93. The van der Waals surface area contributed by atoms with Crippen LogP contribution in [0.1, 0.15) is 56.9 Å². The van der Waals surface area contributed by atoms with Crippen molar-refractivity contribution in [3.8, 4) is 0 Å². The van der Waals surface area contributed by atoms with Crippen LogP contribution >= 0.6 is 0 Å². The van der Waals surface area contributed by atoms with Gasteiger partial charge in [0.25, 0.3) is 0 Å². The molecule has 0 spiro atoms. The molecule has 3 rings (SSSR count). The van der Waals surface area contributed by atoms with Crippen LogP contribution < -0.4 is 5.73 Å². The minimum Gasteiger partial charge on any atom is -0.449 e. The minimum absolute atomic E-state index is 0.100. The van der Waals surface area contributed by atoms with Crippen molar-refractivity contribution in [3.63, 3.8) is 0 Å². The van der Waals surface area contributed by atoms with Crippen LogP contribution in [0, 0.1) is 0 Å². The molecular formula is C18H26N2O2. The van der Waals surface area contributed by atoms with Crippen LogP contribution in [0.25, 0.3) is 0 Å². The number of amides is 1. The van der Waals surface area contributed by atoms with Gasteiger partial charge in [0.15, 0.2) is 0 Å². The number of hydrogen-bond donors (Lipinski definition) is 1. The van der Waals surface area contributed by atoms with Gasteiger partial charge < -0.3 is 15.4 Å². The third-order valence-electron chi connectivity index (χ3n) is 5.08. The zero-order valence-electron chi connectivity index (χ0n) is 13.3. The zero-order valence-corrected chi connectivity index (χ0v) is 13.3. The van der Waals surface area contributed by atoms with E-state index >= 15 is 0 Å². The molecule has 1 amide bonds. The smallest absolute Gasteiger partial charge is 0.410 e. The van der Waals surface area contributed by atoms with Crippen LogP contribution in [0.15, 0.2) is 24.3 Å². The number of benzene rings is 1. The van der Waals surface area contributed by atoms with E-state index in [2.05, 4.69) is 19.1 Å². The Hall–Kier alpha value is -1.71. The highest BCUT2D eigenvalue weighted by Gasteiger charge is 2.44. The fraction of sp³-hybridized carbons (Fsp3) is 0.611. The normalized spacial score (nSPS) is 27.0. The summed E-state index contributed by atoms with van der Waals surface area (Å²) in [5.74, 6) is 0.540. The number of rotatable bonds is 4. The van der Waals surface area contributed by atoms with E-state index in [1.807, 2.05) is 17.0 Å². The van der Waals surface area contributed by atoms with Crippen molar-refractivity contribution >= 4 is 11.8 Å². The molecule has 2 heterocycles. The topological polar surface area (TPSA) is 55.6 Å². The van der Waals surface area contributed by atoms with Crippen LogP contribution in [0.5, 0.6) is 0 Å². The maximum absolute atomic E-state index is 12.3. The number of nitrogen functional groups attached to an aromatic ring is 1. The summed E-state index contributed by atoms with van der Waals surface area (Å²) >= 11 is 0. The number of unbranched alkanes of at least 4 members (excludes halogenated alkanes) is 1. The molecule has 1 aromatic carbocycles. The van der Waals surface area contributed by atoms with E-state index in [-0.39, 0.29) is 6.09 Å². The molecular weight excluding hydrogens is 276 g/mol. The first-order valence-corrected chi connectivity index (χ1v) is 8.49. The number of hydrogen-bond acceptors (Lipinski definition) is 3. The van der Waals surface area contributed by atoms with Gasteiger partial charge in [0.05, 0.1) is 6.61 Å². The second-order valence-corrected chi connectivity index (χ2v) is 6.60. The lowest BCUT2D eigenvalue weighted by atomic mass is 9.85. The summed E-state index contributed by atoms with van der Waals surface area (Å²) in [7, 11) is 0. The predicted molar refractivity (Wildman–Crippen MR) is 87.7 cm³/mol. The van der Waals surface area contributed by atoms with E-state index in [1.165, 1.54) is 5.56 Å². The van der Waals surface area contributed by atoms with Gasteiger partial charge in [0, 0.05) is 17.8 Å². The Morgan fingerprint density at radius 3 is 2.45 bits per heavy atom. The predicted octanol–water partition coefficient (Wildman–Crippen LogP) is 3.92. The van der Waals surface area contributed by atoms with Gasteiger partial charge in [-0.05, 0) is 55.7 Å². The zero-order chi connectivity index (χ0) is 15.5. The summed E-state index contributed by atoms with van der Waals surface area (Å²) in [6.45, 7) is 2.66. The third kappa shape index (κ3) is 3.06. The average molecular weight is 302 g/mol. The van der Waals surface area contributed by atoms with Crippen molar-refractivity contribution < 1.29 is 9.53 Å². The van der Waals surface area contributed by atoms with E-state index in [4.69, 9.17) is 10.5 Å². The molecule has 2 N–H and O–H groups in total. The molecule has 4 heteroatoms. The van der Waals surface area contributed by atoms with E-state index < -0.39 is 0 Å². The van der Waals surface area contributed by atoms with Crippen molar-refractivity contribution in [2.75, 3.05) is 12.3 Å². The number of ether oxygens (including phenoxy) is 1. The number of nitrogens with two attached hydrogens (primary N) is 1. The molecule has 4 nitrogen and oxygen atoms in total. The van der Waals surface area contributed by atoms with Crippen LogP contribution in [0.4, 0.5) is 10.5 Å². The monoisotopic (exact) mass is 302 g/mol. The first kappa shape index (κ1) is 15.2. The number of carbonyl (C=O) groups excluding carboxylic acids is 1. The number of anilines is 1. The Morgan fingerprint density at radius 2 is 1.86 bits per heavy atom. The van der Waals surface area contributed by atoms with E-state index in [0.717, 1.165) is 44.2 Å². The minimum atomic E-state index is -0.100. The van der Waals surface area contributed by atoms with Crippen LogP contribution in [-0.2, 0) is 4.74 Å². The fourth-order valence-electron chi connectivity index (χ4n) is 3.89. The highest BCUT2D eigenvalue weighted by Crippen LogP contribution is 2.43. The molecule has 2 aliphatic heterocycles. The lowest BCUT2D eigenvalue weighted by Crippen LogP contribution is -2.46. The Bertz CT molecular complexity index is 500. The second kappa shape index (κ2) is 6.59. The summed E-state index contributed by atoms with van der Waals surface area (Å²) in [5, 5.41) is 0. The van der Waals surface area contributed by atoms with Gasteiger partial charge >= 0.3 is 6.09 Å². The average Bonchev–Trinajstić information content (AvgIpc) is 2.78. The molecule has 0 radical (unpaired) electrons. The van der Waals surface area contributed by atoms with Crippen molar-refractivity contribution in [3.05, 3.63) is 29.8 Å². The molecule has 120 valence electrons. The first-order valence-electron chi connectivity index (χ1n) is 8.49. The van der Waals surface area contributed by atoms with E-state index in [9.17, 15) is 4.79 Å². The second-order valence-electron chi connectivity index (χ2n) is 6.60. The maximum atomic E-state index is 12.3. The number of nitrogens with zero attached hydrogens (tertiary/aromatic N) is 1. The molecule has 2 saturated heterocycles. The Balaban J connectivity index is 1.63. The summed E-state index contributed by atoms with van der Waals surface area (Å²) < 4.78 is 5.43. The molecule has 2 bridgehead atoms. The maximum Gasteiger partial charge on any atom is 0.410 e.